The number of hydrogen-bond donors (Lipinski definition) is 5. The minimum absolute atomic E-state index is 0.0309. The van der Waals surface area contributed by atoms with E-state index in [0.29, 0.717) is 48.7 Å². The molecule has 2 aliphatic rings. The molecule has 188 valence electrons. The summed E-state index contributed by atoms with van der Waals surface area (Å²) < 4.78 is 22.3. The second kappa shape index (κ2) is 11.2. The van der Waals surface area contributed by atoms with E-state index in [1.54, 1.807) is 7.11 Å². The van der Waals surface area contributed by atoms with Crippen LogP contribution in [0.15, 0.2) is 0 Å². The van der Waals surface area contributed by atoms with Gasteiger partial charge in [-0.25, -0.2) is 0 Å². The fourth-order valence-electron chi connectivity index (χ4n) is 4.49. The van der Waals surface area contributed by atoms with Crippen molar-refractivity contribution in [2.75, 3.05) is 27.6 Å². The molecule has 0 saturated heterocycles. The van der Waals surface area contributed by atoms with Crippen molar-refractivity contribution < 1.29 is 43.7 Å². The Kier molecular flexibility index (Phi) is 8.50. The van der Waals surface area contributed by atoms with Crippen LogP contribution in [0.4, 0.5) is 0 Å². The number of benzene rings is 1. The third-order valence-corrected chi connectivity index (χ3v) is 6.14. The van der Waals surface area contributed by atoms with Crippen LogP contribution in [-0.2, 0) is 22.4 Å². The van der Waals surface area contributed by atoms with Crippen LogP contribution in [0.1, 0.15) is 37.8 Å². The predicted molar refractivity (Wildman–Crippen MR) is 122 cm³/mol. The van der Waals surface area contributed by atoms with Gasteiger partial charge >= 0.3 is 7.12 Å². The zero-order valence-electron chi connectivity index (χ0n) is 19.9. The standard InChI is InChI=1S/C22H33BN2O9/c1-11(2)7-16(23(29)30)25-22(28)15(9-26)24-21(27)12-5-6-13-14(8-12)18-20(34-10-33-18)19(32-4)17(13)31-3/h11-12,15-16,26,29-30H,5-10H2,1-4H3,(H,24,27)(H,25,28)/t12?,15-,16-/m0/s1. The molecule has 11 nitrogen and oxygen atoms in total. The van der Waals surface area contributed by atoms with Gasteiger partial charge in [-0.05, 0) is 31.6 Å². The maximum atomic E-state index is 13.0. The number of aliphatic hydroxyl groups is 1. The van der Waals surface area contributed by atoms with E-state index < -0.39 is 43.4 Å². The molecule has 1 aliphatic carbocycles. The number of carbonyl (C=O) groups excluding carboxylic acids is 2. The van der Waals surface area contributed by atoms with Crippen molar-refractivity contribution in [1.29, 1.82) is 0 Å². The number of fused-ring (bicyclic) bond motifs is 3. The summed E-state index contributed by atoms with van der Waals surface area (Å²) in [5.41, 5.74) is 1.68. The van der Waals surface area contributed by atoms with E-state index >= 15 is 0 Å². The fraction of sp³-hybridized carbons (Fsp3) is 0.636. The highest BCUT2D eigenvalue weighted by Gasteiger charge is 2.37. The van der Waals surface area contributed by atoms with E-state index in [4.69, 9.17) is 18.9 Å². The van der Waals surface area contributed by atoms with Gasteiger partial charge in [-0.15, -0.1) is 0 Å². The number of amides is 2. The van der Waals surface area contributed by atoms with Gasteiger partial charge in [-0.2, -0.15) is 0 Å². The van der Waals surface area contributed by atoms with E-state index in [2.05, 4.69) is 10.6 Å². The normalized spacial score (nSPS) is 18.1. The molecule has 1 unspecified atom stereocenters. The first-order valence-corrected chi connectivity index (χ1v) is 11.3. The van der Waals surface area contributed by atoms with E-state index in [0.717, 1.165) is 11.1 Å². The van der Waals surface area contributed by atoms with Crippen LogP contribution < -0.4 is 29.6 Å². The largest absolute Gasteiger partial charge is 0.492 e. The number of aliphatic hydroxyl groups excluding tert-OH is 1. The Hall–Kier alpha value is -2.70. The van der Waals surface area contributed by atoms with Gasteiger partial charge in [-0.3, -0.25) is 9.59 Å². The highest BCUT2D eigenvalue weighted by molar-refractivity contribution is 6.43. The van der Waals surface area contributed by atoms with Crippen molar-refractivity contribution in [1.82, 2.24) is 10.6 Å². The quantitative estimate of drug-likeness (QED) is 0.280. The first kappa shape index (κ1) is 25.9. The van der Waals surface area contributed by atoms with Gasteiger partial charge in [0.2, 0.25) is 30.1 Å². The van der Waals surface area contributed by atoms with E-state index in [-0.39, 0.29) is 12.7 Å². The van der Waals surface area contributed by atoms with Gasteiger partial charge in [0.05, 0.1) is 26.8 Å². The molecule has 0 radical (unpaired) electrons. The van der Waals surface area contributed by atoms with Crippen molar-refractivity contribution in [2.24, 2.45) is 11.8 Å². The maximum Gasteiger partial charge on any atom is 0.475 e. The van der Waals surface area contributed by atoms with Crippen molar-refractivity contribution in [2.45, 2.75) is 51.5 Å². The molecule has 1 aromatic carbocycles. The van der Waals surface area contributed by atoms with Crippen molar-refractivity contribution in [3.05, 3.63) is 11.1 Å². The first-order valence-electron chi connectivity index (χ1n) is 11.3. The van der Waals surface area contributed by atoms with Gasteiger partial charge in [0, 0.05) is 17.0 Å². The summed E-state index contributed by atoms with van der Waals surface area (Å²) in [6.07, 6.45) is 1.67. The summed E-state index contributed by atoms with van der Waals surface area (Å²) in [7, 11) is 1.30. The number of nitrogens with one attached hydrogen (secondary N) is 2. The van der Waals surface area contributed by atoms with Crippen LogP contribution in [-0.4, -0.2) is 73.7 Å². The molecular formula is C22H33BN2O9. The zero-order valence-corrected chi connectivity index (χ0v) is 19.9. The summed E-state index contributed by atoms with van der Waals surface area (Å²) in [6.45, 7) is 3.16. The van der Waals surface area contributed by atoms with E-state index in [1.165, 1.54) is 7.11 Å². The topological polar surface area (TPSA) is 156 Å². The van der Waals surface area contributed by atoms with E-state index in [9.17, 15) is 24.7 Å². The highest BCUT2D eigenvalue weighted by Crippen LogP contribution is 2.54. The number of rotatable bonds is 10. The molecule has 12 heteroatoms. The number of carbonyl (C=O) groups is 2. The Labute approximate surface area is 198 Å². The molecule has 1 aliphatic heterocycles. The number of ether oxygens (including phenoxy) is 4. The smallest absolute Gasteiger partial charge is 0.475 e. The lowest BCUT2D eigenvalue weighted by atomic mass is 9.75. The van der Waals surface area contributed by atoms with Crippen molar-refractivity contribution in [3.8, 4) is 23.0 Å². The average Bonchev–Trinajstić information content (AvgIpc) is 3.30. The van der Waals surface area contributed by atoms with Crippen LogP contribution in [0.2, 0.25) is 0 Å². The summed E-state index contributed by atoms with van der Waals surface area (Å²) in [5.74, 6) is -0.414. The fourth-order valence-corrected chi connectivity index (χ4v) is 4.49. The predicted octanol–water partition coefficient (Wildman–Crippen LogP) is -0.443. The molecular weight excluding hydrogens is 447 g/mol. The second-order valence-corrected chi connectivity index (χ2v) is 8.93. The van der Waals surface area contributed by atoms with Crippen molar-refractivity contribution >= 4 is 18.9 Å². The van der Waals surface area contributed by atoms with Crippen LogP contribution >= 0.6 is 0 Å². The zero-order chi connectivity index (χ0) is 25.0. The summed E-state index contributed by atoms with van der Waals surface area (Å²) in [5, 5.41) is 33.9. The van der Waals surface area contributed by atoms with Gasteiger partial charge < -0.3 is 44.7 Å². The van der Waals surface area contributed by atoms with Gasteiger partial charge in [-0.1, -0.05) is 13.8 Å². The molecule has 1 heterocycles. The molecule has 0 aromatic heterocycles. The third-order valence-electron chi connectivity index (χ3n) is 6.14. The van der Waals surface area contributed by atoms with Gasteiger partial charge in [0.25, 0.3) is 0 Å². The van der Waals surface area contributed by atoms with Gasteiger partial charge in [0.1, 0.15) is 6.04 Å². The maximum absolute atomic E-state index is 13.0. The molecule has 0 spiro atoms. The molecule has 2 amide bonds. The minimum Gasteiger partial charge on any atom is -0.492 e. The molecule has 34 heavy (non-hydrogen) atoms. The lowest BCUT2D eigenvalue weighted by molar-refractivity contribution is -0.132. The lowest BCUT2D eigenvalue weighted by Gasteiger charge is -2.29. The molecule has 0 saturated carbocycles. The minimum atomic E-state index is -1.76. The lowest BCUT2D eigenvalue weighted by Crippen LogP contribution is -2.56. The summed E-state index contributed by atoms with van der Waals surface area (Å²) in [6, 6.07) is -1.22. The van der Waals surface area contributed by atoms with E-state index in [1.807, 2.05) is 13.8 Å². The molecule has 0 bridgehead atoms. The molecule has 5 N–H and O–H groups in total. The Morgan fingerprint density at radius 3 is 2.35 bits per heavy atom. The third kappa shape index (κ3) is 5.34. The Morgan fingerprint density at radius 1 is 1.09 bits per heavy atom. The van der Waals surface area contributed by atoms with Crippen LogP contribution in [0.5, 0.6) is 23.0 Å². The summed E-state index contributed by atoms with van der Waals surface area (Å²) in [4.78, 5) is 25.6. The average molecular weight is 480 g/mol. The first-order chi connectivity index (χ1) is 16.2. The monoisotopic (exact) mass is 480 g/mol. The Morgan fingerprint density at radius 2 is 1.76 bits per heavy atom. The highest BCUT2D eigenvalue weighted by atomic mass is 16.7. The van der Waals surface area contributed by atoms with Crippen LogP contribution in [0.25, 0.3) is 0 Å². The van der Waals surface area contributed by atoms with Gasteiger partial charge in [0.15, 0.2) is 11.5 Å². The second-order valence-electron chi connectivity index (χ2n) is 8.93. The Bertz CT molecular complexity index is 909. The van der Waals surface area contributed by atoms with Crippen LogP contribution in [0.3, 0.4) is 0 Å². The van der Waals surface area contributed by atoms with Crippen LogP contribution in [0, 0.1) is 11.8 Å². The SMILES string of the molecule is COc1c2c(c3c(c1OC)OCO3)CC(C(=O)N[C@@H](CO)C(=O)N[C@@H](CC(C)C)B(O)O)CC2. The summed E-state index contributed by atoms with van der Waals surface area (Å²) >= 11 is 0. The van der Waals surface area contributed by atoms with Crippen molar-refractivity contribution in [3.63, 3.8) is 0 Å². The molecule has 1 aromatic rings. The molecule has 0 fully saturated rings. The molecule has 3 rings (SSSR count). The Balaban J connectivity index is 1.73. The number of hydrogen-bond acceptors (Lipinski definition) is 9. The molecule has 3 atom stereocenters. The number of methoxy groups -OCH3 is 2.